The fourth-order valence-corrected chi connectivity index (χ4v) is 13.4. The Morgan fingerprint density at radius 1 is 0.289 bits per heavy atom. The van der Waals surface area contributed by atoms with Gasteiger partial charge in [0.1, 0.15) is 0 Å². The number of hydrogen-bond donors (Lipinski definition) is 0. The average molecular weight is 966 g/mol. The zero-order chi connectivity index (χ0) is 49.9. The number of aromatic nitrogens is 2. The largest absolute Gasteiger partial charge is 0.309 e. The smallest absolute Gasteiger partial charge is 0.0755 e. The molecule has 3 heteroatoms. The van der Waals surface area contributed by atoms with Gasteiger partial charge in [0.25, 0.3) is 0 Å². The molecule has 16 rings (SSSR count). The van der Waals surface area contributed by atoms with E-state index in [4.69, 9.17) is 0 Å². The zero-order valence-corrected chi connectivity index (χ0v) is 41.5. The topological polar surface area (TPSA) is 13.1 Å². The van der Waals surface area contributed by atoms with Gasteiger partial charge in [0, 0.05) is 44.0 Å². The highest BCUT2D eigenvalue weighted by molar-refractivity contribution is 6.14. The van der Waals surface area contributed by atoms with Crippen molar-refractivity contribution >= 4 is 60.7 Å². The van der Waals surface area contributed by atoms with E-state index in [-0.39, 0.29) is 0 Å². The first kappa shape index (κ1) is 42.5. The van der Waals surface area contributed by atoms with E-state index in [1.54, 1.807) is 0 Å². The molecule has 1 aliphatic carbocycles. The molecule has 0 fully saturated rings. The van der Waals surface area contributed by atoms with Crippen molar-refractivity contribution in [2.45, 2.75) is 5.41 Å². The molecule has 12 aromatic carbocycles. The van der Waals surface area contributed by atoms with E-state index < -0.39 is 5.41 Å². The van der Waals surface area contributed by atoms with Crippen molar-refractivity contribution in [1.82, 2.24) is 9.13 Å². The second kappa shape index (κ2) is 16.5. The summed E-state index contributed by atoms with van der Waals surface area (Å²) in [7, 11) is 0. The molecule has 2 aliphatic rings. The normalized spacial score (nSPS) is 14.1. The summed E-state index contributed by atoms with van der Waals surface area (Å²) < 4.78 is 4.91. The molecule has 1 aliphatic heterocycles. The molecule has 1 spiro atoms. The van der Waals surface area contributed by atoms with Crippen LogP contribution < -0.4 is 4.90 Å². The molecule has 354 valence electrons. The predicted octanol–water partition coefficient (Wildman–Crippen LogP) is 19.0. The van der Waals surface area contributed by atoms with Crippen molar-refractivity contribution in [3.63, 3.8) is 0 Å². The molecule has 1 unspecified atom stereocenters. The first-order valence-corrected chi connectivity index (χ1v) is 26.3. The monoisotopic (exact) mass is 965 g/mol. The summed E-state index contributed by atoms with van der Waals surface area (Å²) >= 11 is 0. The summed E-state index contributed by atoms with van der Waals surface area (Å²) in [6.07, 6.45) is 0. The molecule has 0 bridgehead atoms. The lowest BCUT2D eigenvalue weighted by Gasteiger charge is -2.39. The molecule has 14 aromatic rings. The Morgan fingerprint density at radius 2 is 0.803 bits per heavy atom. The maximum absolute atomic E-state index is 2.53. The van der Waals surface area contributed by atoms with E-state index in [1.165, 1.54) is 99.4 Å². The Labute approximate surface area is 441 Å². The zero-order valence-electron chi connectivity index (χ0n) is 41.5. The van der Waals surface area contributed by atoms with Crippen LogP contribution in [-0.2, 0) is 5.41 Å². The van der Waals surface area contributed by atoms with E-state index in [0.717, 1.165) is 39.4 Å². The van der Waals surface area contributed by atoms with Crippen LogP contribution in [0, 0.1) is 0 Å². The van der Waals surface area contributed by atoms with E-state index in [1.807, 2.05) is 0 Å². The molecule has 0 amide bonds. The van der Waals surface area contributed by atoms with Gasteiger partial charge >= 0.3 is 0 Å². The molecule has 0 saturated heterocycles. The van der Waals surface area contributed by atoms with Crippen LogP contribution in [0.2, 0.25) is 0 Å². The lowest BCUT2D eigenvalue weighted by Crippen LogP contribution is -2.33. The minimum atomic E-state index is -0.590. The van der Waals surface area contributed by atoms with E-state index >= 15 is 0 Å². The average Bonchev–Trinajstić information content (AvgIpc) is 4.14. The van der Waals surface area contributed by atoms with Crippen LogP contribution in [0.3, 0.4) is 0 Å². The summed E-state index contributed by atoms with van der Waals surface area (Å²) in [4.78, 5) is 2.53. The number of para-hydroxylation sites is 6. The number of fused-ring (bicyclic) bond motifs is 15. The van der Waals surface area contributed by atoms with Crippen molar-refractivity contribution in [2.75, 3.05) is 4.90 Å². The van der Waals surface area contributed by atoms with Gasteiger partial charge in [-0.3, -0.25) is 0 Å². The number of hydrogen-bond acceptors (Lipinski definition) is 1. The predicted molar refractivity (Wildman–Crippen MR) is 317 cm³/mol. The Balaban J connectivity index is 0.919. The summed E-state index contributed by atoms with van der Waals surface area (Å²) in [5.41, 5.74) is 24.8. The van der Waals surface area contributed by atoms with Crippen molar-refractivity contribution in [1.29, 1.82) is 0 Å². The molecule has 0 radical (unpaired) electrons. The maximum Gasteiger partial charge on any atom is 0.0755 e. The van der Waals surface area contributed by atoms with E-state index in [2.05, 4.69) is 299 Å². The van der Waals surface area contributed by atoms with Crippen LogP contribution in [0.1, 0.15) is 22.3 Å². The van der Waals surface area contributed by atoms with Crippen LogP contribution in [0.25, 0.3) is 99.5 Å². The summed E-state index contributed by atoms with van der Waals surface area (Å²) in [5.74, 6) is 0. The van der Waals surface area contributed by atoms with Gasteiger partial charge in [-0.05, 0) is 122 Å². The fraction of sp³-hybridized carbons (Fsp3) is 0.0137. The second-order valence-corrected chi connectivity index (χ2v) is 20.3. The van der Waals surface area contributed by atoms with Crippen molar-refractivity contribution in [2.24, 2.45) is 0 Å². The Bertz CT molecular complexity index is 4620. The molecule has 2 aromatic heterocycles. The first-order valence-electron chi connectivity index (χ1n) is 26.3. The van der Waals surface area contributed by atoms with Crippen LogP contribution in [0.15, 0.2) is 285 Å². The van der Waals surface area contributed by atoms with Crippen LogP contribution in [-0.4, -0.2) is 9.13 Å². The molecule has 3 heterocycles. The molecule has 0 saturated carbocycles. The van der Waals surface area contributed by atoms with E-state index in [9.17, 15) is 0 Å². The van der Waals surface area contributed by atoms with Gasteiger partial charge in [-0.2, -0.15) is 0 Å². The first-order chi connectivity index (χ1) is 37.7. The van der Waals surface area contributed by atoms with E-state index in [0.29, 0.717) is 0 Å². The molecular weight excluding hydrogens is 919 g/mol. The molecule has 76 heavy (non-hydrogen) atoms. The number of anilines is 3. The van der Waals surface area contributed by atoms with Gasteiger partial charge in [-0.15, -0.1) is 0 Å². The summed E-state index contributed by atoms with van der Waals surface area (Å²) in [5, 5.41) is 5.03. The van der Waals surface area contributed by atoms with Crippen LogP contribution in [0.4, 0.5) is 17.1 Å². The summed E-state index contributed by atoms with van der Waals surface area (Å²) in [6, 6.07) is 106. The number of nitrogens with zero attached hydrogens (tertiary/aromatic N) is 3. The van der Waals surface area contributed by atoms with Gasteiger partial charge in [-0.25, -0.2) is 0 Å². The van der Waals surface area contributed by atoms with Crippen molar-refractivity contribution in [3.05, 3.63) is 307 Å². The lowest BCUT2D eigenvalue weighted by molar-refractivity contribution is 0.748. The molecular formula is C73H47N3. The second-order valence-electron chi connectivity index (χ2n) is 20.3. The summed E-state index contributed by atoms with van der Waals surface area (Å²) in [6.45, 7) is 0. The van der Waals surface area contributed by atoms with Gasteiger partial charge < -0.3 is 14.0 Å². The third kappa shape index (κ3) is 5.99. The highest BCUT2D eigenvalue weighted by Crippen LogP contribution is 2.63. The van der Waals surface area contributed by atoms with Gasteiger partial charge in [-0.1, -0.05) is 218 Å². The Kier molecular flexibility index (Phi) is 9.25. The van der Waals surface area contributed by atoms with Gasteiger partial charge in [0.15, 0.2) is 0 Å². The standard InChI is InChI=1S/C73H47N3/c1-3-19-48(20-4-1)49-37-39-51(40-38-49)55-23-8-13-32-65(55)75(54-44-41-50(42-45-54)52-43-46-68-60(47-52)57-25-10-14-33-66(57)74(68)53-21-5-2-6-22-53)70-36-18-30-63-71(70)59-26-7-11-28-61(59)73(63)62-29-12-16-35-69(62)76-67-34-15-9-24-56(67)58-27-17-31-64(73)72(58)76/h1-47H. The SMILES string of the molecule is c1ccc(-c2ccc(-c3ccccc3N(c3ccc(-c4ccc5c(c4)c4ccccc4n5-c4ccccc4)cc3)c3cccc4c3-c3ccccc3C43c4ccccc4-n4c5ccccc5c5cccc3c54)cc2)cc1. The highest BCUT2D eigenvalue weighted by atomic mass is 15.1. The fourth-order valence-electron chi connectivity index (χ4n) is 13.4. The Hall–Kier alpha value is -9.96. The Morgan fingerprint density at radius 3 is 1.61 bits per heavy atom. The molecule has 3 nitrogen and oxygen atoms in total. The van der Waals surface area contributed by atoms with Gasteiger partial charge in [0.05, 0.1) is 44.5 Å². The maximum atomic E-state index is 2.53. The van der Waals surface area contributed by atoms with Crippen LogP contribution in [0.5, 0.6) is 0 Å². The third-order valence-electron chi connectivity index (χ3n) is 16.5. The van der Waals surface area contributed by atoms with Crippen LogP contribution >= 0.6 is 0 Å². The molecule has 0 N–H and O–H groups in total. The molecule has 1 atom stereocenters. The highest BCUT2D eigenvalue weighted by Gasteiger charge is 2.51. The van der Waals surface area contributed by atoms with Crippen molar-refractivity contribution in [3.8, 4) is 55.9 Å². The third-order valence-corrected chi connectivity index (χ3v) is 16.5. The quantitative estimate of drug-likeness (QED) is 0.155. The lowest BCUT2D eigenvalue weighted by atomic mass is 9.65. The minimum Gasteiger partial charge on any atom is -0.309 e. The van der Waals surface area contributed by atoms with Gasteiger partial charge in [0.2, 0.25) is 0 Å². The van der Waals surface area contributed by atoms with Crippen molar-refractivity contribution < 1.29 is 0 Å². The minimum absolute atomic E-state index is 0.590. The number of rotatable bonds is 7. The number of benzene rings is 12.